The molecule has 4 unspecified atom stereocenters. The molecule has 13 heteroatoms. The van der Waals surface area contributed by atoms with Crippen LogP contribution in [0.4, 0.5) is 0 Å². The van der Waals surface area contributed by atoms with Gasteiger partial charge in [-0.3, -0.25) is 14.4 Å². The van der Waals surface area contributed by atoms with E-state index in [1.54, 1.807) is 6.20 Å². The number of para-hydroxylation sites is 1. The third-order valence-electron chi connectivity index (χ3n) is 5.59. The van der Waals surface area contributed by atoms with Crippen LogP contribution >= 0.6 is 0 Å². The molecule has 0 radical (unpaired) electrons. The highest BCUT2D eigenvalue weighted by Crippen LogP contribution is 2.19. The van der Waals surface area contributed by atoms with E-state index in [-0.39, 0.29) is 12.8 Å². The fourth-order valence-corrected chi connectivity index (χ4v) is 3.57. The highest BCUT2D eigenvalue weighted by molar-refractivity contribution is 5.93. The summed E-state index contributed by atoms with van der Waals surface area (Å²) in [6.07, 6.45) is 3.46. The van der Waals surface area contributed by atoms with Gasteiger partial charge in [0, 0.05) is 41.8 Å². The SMILES string of the molecule is CC(O)C(N)C(=O)NCC(=O)NC(Cc1c[nH]c2ccccc12)C(=O)NC(Cc1cnc[nH]1)C(=O)O. The standard InChI is InChI=1S/C23H29N7O6/c1-12(31)20(24)22(34)27-10-19(32)29-17(6-13-8-26-16-5-3-2-4-15(13)16)21(33)30-18(23(35)36)7-14-9-25-11-28-14/h2-5,8-9,11-12,17-18,20,26,31H,6-7,10,24H2,1H3,(H,25,28)(H,27,34)(H,29,32)(H,30,33)(H,35,36). The summed E-state index contributed by atoms with van der Waals surface area (Å²) in [5.74, 6) is -3.40. The molecule has 0 aliphatic heterocycles. The molecule has 0 aliphatic rings. The second-order valence-corrected chi connectivity index (χ2v) is 8.35. The highest BCUT2D eigenvalue weighted by atomic mass is 16.4. The van der Waals surface area contributed by atoms with E-state index in [2.05, 4.69) is 30.9 Å². The molecule has 3 rings (SSSR count). The summed E-state index contributed by atoms with van der Waals surface area (Å²) in [5.41, 5.74) is 7.63. The Morgan fingerprint density at radius 2 is 1.81 bits per heavy atom. The van der Waals surface area contributed by atoms with Crippen LogP contribution in [0.1, 0.15) is 18.2 Å². The van der Waals surface area contributed by atoms with Gasteiger partial charge < -0.3 is 41.9 Å². The zero-order valence-electron chi connectivity index (χ0n) is 19.5. The first kappa shape index (κ1) is 26.4. The number of nitrogens with zero attached hydrogens (tertiary/aromatic N) is 1. The Bertz CT molecular complexity index is 1210. The zero-order valence-corrected chi connectivity index (χ0v) is 19.5. The third-order valence-corrected chi connectivity index (χ3v) is 5.59. The van der Waals surface area contributed by atoms with Gasteiger partial charge in [0.05, 0.1) is 19.0 Å². The summed E-state index contributed by atoms with van der Waals surface area (Å²) in [6.45, 7) is 0.849. The molecule has 0 spiro atoms. The Hall–Kier alpha value is -4.23. The molecular formula is C23H29N7O6. The van der Waals surface area contributed by atoms with Gasteiger partial charge in [-0.05, 0) is 18.6 Å². The maximum atomic E-state index is 13.2. The molecule has 0 fully saturated rings. The molecule has 0 saturated carbocycles. The summed E-state index contributed by atoms with van der Waals surface area (Å²) in [6, 6.07) is 3.75. The largest absolute Gasteiger partial charge is 0.480 e. The van der Waals surface area contributed by atoms with Crippen LogP contribution in [0, 0.1) is 0 Å². The molecule has 9 N–H and O–H groups in total. The summed E-state index contributed by atoms with van der Waals surface area (Å²) < 4.78 is 0. The van der Waals surface area contributed by atoms with E-state index in [1.165, 1.54) is 19.4 Å². The van der Waals surface area contributed by atoms with E-state index in [0.29, 0.717) is 5.69 Å². The number of amides is 3. The third kappa shape index (κ3) is 6.90. The number of aromatic nitrogens is 3. The summed E-state index contributed by atoms with van der Waals surface area (Å²) >= 11 is 0. The predicted octanol–water partition coefficient (Wildman–Crippen LogP) is -1.45. The molecule has 0 aliphatic carbocycles. The van der Waals surface area contributed by atoms with E-state index in [0.717, 1.165) is 16.5 Å². The molecule has 1 aromatic carbocycles. The van der Waals surface area contributed by atoms with Crippen LogP contribution in [0.15, 0.2) is 43.0 Å². The van der Waals surface area contributed by atoms with Crippen molar-refractivity contribution in [1.82, 2.24) is 30.9 Å². The minimum Gasteiger partial charge on any atom is -0.480 e. The molecule has 2 aromatic heterocycles. The predicted molar refractivity (Wildman–Crippen MR) is 128 cm³/mol. The summed E-state index contributed by atoms with van der Waals surface area (Å²) in [7, 11) is 0. The van der Waals surface area contributed by atoms with Crippen molar-refractivity contribution in [2.45, 2.75) is 44.0 Å². The lowest BCUT2D eigenvalue weighted by Crippen LogP contribution is -2.55. The molecular weight excluding hydrogens is 470 g/mol. The van der Waals surface area contributed by atoms with Crippen molar-refractivity contribution in [3.05, 3.63) is 54.2 Å². The van der Waals surface area contributed by atoms with Gasteiger partial charge in [-0.25, -0.2) is 9.78 Å². The van der Waals surface area contributed by atoms with Crippen molar-refractivity contribution in [2.75, 3.05) is 6.54 Å². The van der Waals surface area contributed by atoms with Crippen LogP contribution in [-0.2, 0) is 32.0 Å². The molecule has 3 aromatic rings. The molecule has 36 heavy (non-hydrogen) atoms. The Kier molecular flexibility index (Phi) is 8.76. The quantitative estimate of drug-likeness (QED) is 0.147. The van der Waals surface area contributed by atoms with Crippen molar-refractivity contribution in [2.24, 2.45) is 5.73 Å². The molecule has 13 nitrogen and oxygen atoms in total. The average molecular weight is 500 g/mol. The number of benzene rings is 1. The first-order valence-corrected chi connectivity index (χ1v) is 11.2. The second kappa shape index (κ2) is 12.0. The number of fused-ring (bicyclic) bond motifs is 1. The highest BCUT2D eigenvalue weighted by Gasteiger charge is 2.28. The Labute approximate surface area is 205 Å². The fraction of sp³-hybridized carbons (Fsp3) is 0.348. The summed E-state index contributed by atoms with van der Waals surface area (Å²) in [5, 5.41) is 27.2. The normalized spacial score (nSPS) is 14.4. The number of carbonyl (C=O) groups is 4. The number of carboxylic acids is 1. The van der Waals surface area contributed by atoms with E-state index in [4.69, 9.17) is 5.73 Å². The number of hydrogen-bond acceptors (Lipinski definition) is 7. The van der Waals surface area contributed by atoms with E-state index in [1.807, 2.05) is 24.3 Å². The van der Waals surface area contributed by atoms with Crippen molar-refractivity contribution in [3.63, 3.8) is 0 Å². The first-order chi connectivity index (χ1) is 17.2. The molecule has 0 saturated heterocycles. The summed E-state index contributed by atoms with van der Waals surface area (Å²) in [4.78, 5) is 59.2. The van der Waals surface area contributed by atoms with Gasteiger partial charge >= 0.3 is 5.97 Å². The van der Waals surface area contributed by atoms with Gasteiger partial charge in [-0.15, -0.1) is 0 Å². The minimum absolute atomic E-state index is 0.0396. The van der Waals surface area contributed by atoms with Gasteiger partial charge in [-0.2, -0.15) is 0 Å². The van der Waals surface area contributed by atoms with Gasteiger partial charge in [0.1, 0.15) is 18.1 Å². The number of hydrogen-bond donors (Lipinski definition) is 8. The lowest BCUT2D eigenvalue weighted by atomic mass is 10.0. The molecule has 2 heterocycles. The smallest absolute Gasteiger partial charge is 0.326 e. The second-order valence-electron chi connectivity index (χ2n) is 8.35. The Morgan fingerprint density at radius 3 is 2.47 bits per heavy atom. The number of aromatic amines is 2. The Balaban J connectivity index is 1.74. The van der Waals surface area contributed by atoms with Crippen LogP contribution in [0.5, 0.6) is 0 Å². The molecule has 3 amide bonds. The van der Waals surface area contributed by atoms with Gasteiger partial charge in [0.2, 0.25) is 17.7 Å². The van der Waals surface area contributed by atoms with Crippen molar-refractivity contribution < 1.29 is 29.4 Å². The maximum Gasteiger partial charge on any atom is 0.326 e. The van der Waals surface area contributed by atoms with Crippen LogP contribution in [0.25, 0.3) is 10.9 Å². The monoisotopic (exact) mass is 499 g/mol. The lowest BCUT2D eigenvalue weighted by Gasteiger charge is -2.22. The number of carboxylic acid groups (broad SMARTS) is 1. The van der Waals surface area contributed by atoms with E-state index in [9.17, 15) is 29.4 Å². The number of imidazole rings is 1. The van der Waals surface area contributed by atoms with Gasteiger partial charge in [-0.1, -0.05) is 18.2 Å². The molecule has 192 valence electrons. The minimum atomic E-state index is -1.27. The lowest BCUT2D eigenvalue weighted by molar-refractivity contribution is -0.142. The number of nitrogens with one attached hydrogen (secondary N) is 5. The van der Waals surface area contributed by atoms with Gasteiger partial charge in [0.25, 0.3) is 0 Å². The van der Waals surface area contributed by atoms with Crippen LogP contribution in [-0.4, -0.2) is 79.6 Å². The first-order valence-electron chi connectivity index (χ1n) is 11.2. The molecule has 4 atom stereocenters. The van der Waals surface area contributed by atoms with Crippen LogP contribution in [0.2, 0.25) is 0 Å². The number of aliphatic hydroxyl groups is 1. The van der Waals surface area contributed by atoms with Crippen molar-refractivity contribution in [1.29, 1.82) is 0 Å². The van der Waals surface area contributed by atoms with E-state index < -0.39 is 54.5 Å². The fourth-order valence-electron chi connectivity index (χ4n) is 3.57. The number of aliphatic hydroxyl groups excluding tert-OH is 1. The number of H-pyrrole nitrogens is 2. The van der Waals surface area contributed by atoms with Crippen molar-refractivity contribution in [3.8, 4) is 0 Å². The number of rotatable bonds is 12. The average Bonchev–Trinajstić information content (AvgIpc) is 3.51. The number of nitrogens with two attached hydrogens (primary N) is 1. The van der Waals surface area contributed by atoms with Crippen molar-refractivity contribution >= 4 is 34.6 Å². The maximum absolute atomic E-state index is 13.2. The zero-order chi connectivity index (χ0) is 26.2. The van der Waals surface area contributed by atoms with E-state index >= 15 is 0 Å². The molecule has 0 bridgehead atoms. The topological polar surface area (TPSA) is 215 Å². The van der Waals surface area contributed by atoms with Gasteiger partial charge in [0.15, 0.2) is 0 Å². The number of carbonyl (C=O) groups excluding carboxylic acids is 3. The van der Waals surface area contributed by atoms with Crippen LogP contribution < -0.4 is 21.7 Å². The van der Waals surface area contributed by atoms with Crippen LogP contribution in [0.3, 0.4) is 0 Å². The number of aliphatic carboxylic acids is 1. The Morgan fingerprint density at radius 1 is 1.06 bits per heavy atom.